The lowest BCUT2D eigenvalue weighted by Gasteiger charge is -2.25. The molecule has 10 heavy (non-hydrogen) atoms. The maximum Gasteiger partial charge on any atom is 0.00663 e. The minimum atomic E-state index is 0.657. The van der Waals surface area contributed by atoms with Crippen molar-refractivity contribution in [2.75, 3.05) is 7.05 Å². The van der Waals surface area contributed by atoms with Crippen LogP contribution >= 0.6 is 0 Å². The number of nitrogens with one attached hydrogen (secondary N) is 1. The van der Waals surface area contributed by atoms with Crippen LogP contribution in [0.15, 0.2) is 0 Å². The zero-order valence-corrected chi connectivity index (χ0v) is 7.94. The van der Waals surface area contributed by atoms with Crippen molar-refractivity contribution in [2.24, 2.45) is 11.8 Å². The molecule has 1 nitrogen and oxygen atoms in total. The number of rotatable bonds is 4. The van der Waals surface area contributed by atoms with E-state index in [0.717, 1.165) is 11.8 Å². The Labute approximate surface area is 65.2 Å². The molecule has 0 bridgehead atoms. The molecule has 0 saturated carbocycles. The summed E-state index contributed by atoms with van der Waals surface area (Å²) in [6.07, 6.45) is 1.28. The van der Waals surface area contributed by atoms with E-state index >= 15 is 0 Å². The third-order valence-corrected chi connectivity index (χ3v) is 2.43. The van der Waals surface area contributed by atoms with Crippen LogP contribution in [0.3, 0.4) is 0 Å². The van der Waals surface area contributed by atoms with E-state index in [0.29, 0.717) is 6.04 Å². The fraction of sp³-hybridized carbons (Fsp3) is 1.00. The first-order valence-electron chi connectivity index (χ1n) is 4.30. The SMILES string of the molecule is CCC(C(C)C)C(C)NC. The summed E-state index contributed by atoms with van der Waals surface area (Å²) in [5.74, 6) is 1.62. The van der Waals surface area contributed by atoms with E-state index in [1.165, 1.54) is 6.42 Å². The molecule has 0 rings (SSSR count). The molecule has 1 N–H and O–H groups in total. The summed E-state index contributed by atoms with van der Waals surface area (Å²) < 4.78 is 0. The highest BCUT2D eigenvalue weighted by atomic mass is 14.9. The van der Waals surface area contributed by atoms with Crippen molar-refractivity contribution in [3.63, 3.8) is 0 Å². The lowest BCUT2D eigenvalue weighted by Crippen LogP contribution is -2.33. The summed E-state index contributed by atoms with van der Waals surface area (Å²) in [6.45, 7) is 9.11. The van der Waals surface area contributed by atoms with E-state index in [4.69, 9.17) is 0 Å². The maximum atomic E-state index is 3.30. The number of hydrogen-bond acceptors (Lipinski definition) is 1. The molecule has 62 valence electrons. The highest BCUT2D eigenvalue weighted by Gasteiger charge is 2.16. The molecule has 0 aromatic carbocycles. The van der Waals surface area contributed by atoms with Gasteiger partial charge in [0.25, 0.3) is 0 Å². The van der Waals surface area contributed by atoms with Gasteiger partial charge in [0.05, 0.1) is 0 Å². The van der Waals surface area contributed by atoms with Gasteiger partial charge in [-0.25, -0.2) is 0 Å². The Balaban J connectivity index is 3.80. The van der Waals surface area contributed by atoms with Crippen molar-refractivity contribution in [3.05, 3.63) is 0 Å². The topological polar surface area (TPSA) is 12.0 Å². The van der Waals surface area contributed by atoms with Crippen LogP contribution in [0.25, 0.3) is 0 Å². The van der Waals surface area contributed by atoms with E-state index in [-0.39, 0.29) is 0 Å². The Morgan fingerprint density at radius 2 is 1.70 bits per heavy atom. The lowest BCUT2D eigenvalue weighted by atomic mass is 9.87. The van der Waals surface area contributed by atoms with Gasteiger partial charge in [-0.3, -0.25) is 0 Å². The Morgan fingerprint density at radius 3 is 1.80 bits per heavy atom. The molecule has 0 spiro atoms. The first-order valence-corrected chi connectivity index (χ1v) is 4.30. The van der Waals surface area contributed by atoms with Crippen molar-refractivity contribution in [1.82, 2.24) is 5.32 Å². The van der Waals surface area contributed by atoms with Gasteiger partial charge in [-0.05, 0) is 25.8 Å². The van der Waals surface area contributed by atoms with Crippen molar-refractivity contribution >= 4 is 0 Å². The molecule has 0 aliphatic heterocycles. The van der Waals surface area contributed by atoms with Crippen molar-refractivity contribution < 1.29 is 0 Å². The highest BCUT2D eigenvalue weighted by Crippen LogP contribution is 2.18. The molecule has 0 radical (unpaired) electrons. The van der Waals surface area contributed by atoms with Gasteiger partial charge in [-0.1, -0.05) is 27.2 Å². The predicted molar refractivity (Wildman–Crippen MR) is 47.1 cm³/mol. The maximum absolute atomic E-state index is 3.30. The second-order valence-corrected chi connectivity index (χ2v) is 3.39. The molecule has 2 unspecified atom stereocenters. The summed E-state index contributed by atoms with van der Waals surface area (Å²) in [4.78, 5) is 0. The summed E-state index contributed by atoms with van der Waals surface area (Å²) in [5, 5.41) is 3.30. The van der Waals surface area contributed by atoms with E-state index in [2.05, 4.69) is 33.0 Å². The van der Waals surface area contributed by atoms with Crippen LogP contribution in [-0.2, 0) is 0 Å². The summed E-state index contributed by atoms with van der Waals surface area (Å²) >= 11 is 0. The first-order chi connectivity index (χ1) is 4.63. The number of hydrogen-bond donors (Lipinski definition) is 1. The third kappa shape index (κ3) is 2.70. The summed E-state index contributed by atoms with van der Waals surface area (Å²) in [5.41, 5.74) is 0. The molecular weight excluding hydrogens is 122 g/mol. The molecule has 0 aromatic heterocycles. The molecule has 0 heterocycles. The monoisotopic (exact) mass is 143 g/mol. The molecule has 0 aliphatic rings. The molecular formula is C9H21N. The Kier molecular flexibility index (Phi) is 4.71. The molecule has 0 amide bonds. The van der Waals surface area contributed by atoms with Crippen LogP contribution in [-0.4, -0.2) is 13.1 Å². The van der Waals surface area contributed by atoms with Crippen molar-refractivity contribution in [3.8, 4) is 0 Å². The van der Waals surface area contributed by atoms with Gasteiger partial charge in [-0.15, -0.1) is 0 Å². The first kappa shape index (κ1) is 9.96. The van der Waals surface area contributed by atoms with Crippen LogP contribution in [0.5, 0.6) is 0 Å². The van der Waals surface area contributed by atoms with Gasteiger partial charge in [0.1, 0.15) is 0 Å². The quantitative estimate of drug-likeness (QED) is 0.636. The van der Waals surface area contributed by atoms with Crippen LogP contribution in [0, 0.1) is 11.8 Å². The zero-order valence-electron chi connectivity index (χ0n) is 7.94. The second-order valence-electron chi connectivity index (χ2n) is 3.39. The molecule has 0 aliphatic carbocycles. The van der Waals surface area contributed by atoms with Crippen LogP contribution in [0.1, 0.15) is 34.1 Å². The van der Waals surface area contributed by atoms with Crippen molar-refractivity contribution in [1.29, 1.82) is 0 Å². The minimum Gasteiger partial charge on any atom is -0.317 e. The smallest absolute Gasteiger partial charge is 0.00663 e. The van der Waals surface area contributed by atoms with Gasteiger partial charge in [-0.2, -0.15) is 0 Å². The van der Waals surface area contributed by atoms with Gasteiger partial charge < -0.3 is 5.32 Å². The minimum absolute atomic E-state index is 0.657. The fourth-order valence-corrected chi connectivity index (χ4v) is 1.62. The highest BCUT2D eigenvalue weighted by molar-refractivity contribution is 4.71. The Hall–Kier alpha value is -0.0400. The van der Waals surface area contributed by atoms with E-state index in [9.17, 15) is 0 Å². The van der Waals surface area contributed by atoms with E-state index < -0.39 is 0 Å². The van der Waals surface area contributed by atoms with Gasteiger partial charge in [0.2, 0.25) is 0 Å². The lowest BCUT2D eigenvalue weighted by molar-refractivity contribution is 0.293. The molecule has 0 aromatic rings. The summed E-state index contributed by atoms with van der Waals surface area (Å²) in [6, 6.07) is 0.657. The average Bonchev–Trinajstić information content (AvgIpc) is 1.88. The summed E-state index contributed by atoms with van der Waals surface area (Å²) in [7, 11) is 2.04. The molecule has 0 fully saturated rings. The van der Waals surface area contributed by atoms with Crippen LogP contribution in [0.2, 0.25) is 0 Å². The predicted octanol–water partition coefficient (Wildman–Crippen LogP) is 2.28. The van der Waals surface area contributed by atoms with Gasteiger partial charge in [0, 0.05) is 6.04 Å². The molecule has 2 atom stereocenters. The second kappa shape index (κ2) is 4.73. The van der Waals surface area contributed by atoms with E-state index in [1.54, 1.807) is 0 Å². The zero-order chi connectivity index (χ0) is 8.15. The van der Waals surface area contributed by atoms with E-state index in [1.807, 2.05) is 7.05 Å². The van der Waals surface area contributed by atoms with Gasteiger partial charge >= 0.3 is 0 Å². The van der Waals surface area contributed by atoms with Crippen LogP contribution in [0.4, 0.5) is 0 Å². The average molecular weight is 143 g/mol. The Morgan fingerprint density at radius 1 is 1.20 bits per heavy atom. The van der Waals surface area contributed by atoms with Crippen molar-refractivity contribution in [2.45, 2.75) is 40.2 Å². The fourth-order valence-electron chi connectivity index (χ4n) is 1.62. The third-order valence-electron chi connectivity index (χ3n) is 2.43. The largest absolute Gasteiger partial charge is 0.317 e. The van der Waals surface area contributed by atoms with Crippen LogP contribution < -0.4 is 5.32 Å². The molecule has 1 heteroatoms. The molecule has 0 saturated heterocycles. The normalized spacial score (nSPS) is 17.4. The van der Waals surface area contributed by atoms with Gasteiger partial charge in [0.15, 0.2) is 0 Å². The Bertz CT molecular complexity index is 78.8. The standard InChI is InChI=1S/C9H21N/c1-6-9(7(2)3)8(4)10-5/h7-10H,6H2,1-5H3.